The van der Waals surface area contributed by atoms with E-state index in [1.54, 1.807) is 6.07 Å². The van der Waals surface area contributed by atoms with Gasteiger partial charge >= 0.3 is 6.18 Å². The second kappa shape index (κ2) is 10.1. The molecule has 0 aliphatic carbocycles. The van der Waals surface area contributed by atoms with Gasteiger partial charge in [-0.2, -0.15) is 13.2 Å². The second-order valence-corrected chi connectivity index (χ2v) is 8.66. The number of unbranched alkanes of at least 4 members (excludes halogenated alkanes) is 1. The van der Waals surface area contributed by atoms with Crippen molar-refractivity contribution in [3.8, 4) is 0 Å². The number of likely N-dealkylation sites (tertiary alicyclic amines) is 1. The van der Waals surface area contributed by atoms with E-state index < -0.39 is 29.5 Å². The number of amides is 2. The summed E-state index contributed by atoms with van der Waals surface area (Å²) in [4.78, 5) is 27.4. The van der Waals surface area contributed by atoms with E-state index in [0.29, 0.717) is 17.1 Å². The molecule has 1 heterocycles. The molecule has 2 amide bonds. The van der Waals surface area contributed by atoms with Crippen LogP contribution in [-0.2, 0) is 11.0 Å². The summed E-state index contributed by atoms with van der Waals surface area (Å²) >= 11 is 12.1. The molecular formula is C23H23Cl2F3N2O2. The van der Waals surface area contributed by atoms with Gasteiger partial charge in [0, 0.05) is 30.6 Å². The molecule has 3 rings (SSSR count). The number of halogens is 5. The van der Waals surface area contributed by atoms with E-state index in [9.17, 15) is 22.8 Å². The number of benzene rings is 2. The third-order valence-corrected chi connectivity index (χ3v) is 6.12. The van der Waals surface area contributed by atoms with Crippen LogP contribution in [0.1, 0.15) is 47.2 Å². The molecule has 9 heteroatoms. The first kappa shape index (κ1) is 24.4. The highest BCUT2D eigenvalue weighted by Gasteiger charge is 2.41. The largest absolute Gasteiger partial charge is 0.416 e. The van der Waals surface area contributed by atoms with Gasteiger partial charge in [0.2, 0.25) is 5.91 Å². The van der Waals surface area contributed by atoms with E-state index in [1.807, 2.05) is 6.92 Å². The first-order chi connectivity index (χ1) is 15.1. The zero-order valence-corrected chi connectivity index (χ0v) is 18.9. The second-order valence-electron chi connectivity index (χ2n) is 7.82. The van der Waals surface area contributed by atoms with Crippen LogP contribution in [0.5, 0.6) is 0 Å². The Morgan fingerprint density at radius 3 is 2.53 bits per heavy atom. The summed E-state index contributed by atoms with van der Waals surface area (Å²) < 4.78 is 39.8. The lowest BCUT2D eigenvalue weighted by Gasteiger charge is -2.19. The van der Waals surface area contributed by atoms with Gasteiger partial charge in [0.1, 0.15) is 0 Å². The molecule has 0 unspecified atom stereocenters. The zero-order valence-electron chi connectivity index (χ0n) is 17.4. The zero-order chi connectivity index (χ0) is 23.5. The molecule has 0 radical (unpaired) electrons. The number of hydrogen-bond acceptors (Lipinski definition) is 2. The Bertz CT molecular complexity index is 997. The lowest BCUT2D eigenvalue weighted by atomic mass is 9.87. The van der Waals surface area contributed by atoms with E-state index in [1.165, 1.54) is 29.2 Å². The minimum atomic E-state index is -4.50. The van der Waals surface area contributed by atoms with E-state index in [4.69, 9.17) is 23.2 Å². The molecule has 1 fully saturated rings. The summed E-state index contributed by atoms with van der Waals surface area (Å²) in [5.74, 6) is -1.93. The molecule has 1 saturated heterocycles. The van der Waals surface area contributed by atoms with Gasteiger partial charge in [-0.1, -0.05) is 54.7 Å². The van der Waals surface area contributed by atoms with Crippen LogP contribution in [0.2, 0.25) is 10.0 Å². The molecule has 2 atom stereocenters. The lowest BCUT2D eigenvalue weighted by Crippen LogP contribution is -2.36. The van der Waals surface area contributed by atoms with E-state index >= 15 is 0 Å². The Morgan fingerprint density at radius 1 is 1.12 bits per heavy atom. The molecule has 1 aliphatic rings. The number of alkyl halides is 3. The molecule has 0 aromatic heterocycles. The summed E-state index contributed by atoms with van der Waals surface area (Å²) in [6.07, 6.45) is -2.82. The predicted octanol–water partition coefficient (Wildman–Crippen LogP) is 5.78. The van der Waals surface area contributed by atoms with Crippen LogP contribution in [0.4, 0.5) is 13.2 Å². The third kappa shape index (κ3) is 5.56. The van der Waals surface area contributed by atoms with Crippen LogP contribution in [0, 0.1) is 5.92 Å². The Morgan fingerprint density at radius 2 is 1.88 bits per heavy atom. The highest BCUT2D eigenvalue weighted by atomic mass is 35.5. The third-order valence-electron chi connectivity index (χ3n) is 5.58. The molecule has 0 spiro atoms. The minimum Gasteiger partial charge on any atom is -0.356 e. The van der Waals surface area contributed by atoms with Gasteiger partial charge in [0.15, 0.2) is 0 Å². The molecule has 0 saturated carbocycles. The van der Waals surface area contributed by atoms with Crippen molar-refractivity contribution in [1.29, 1.82) is 0 Å². The molecule has 2 aromatic rings. The molecule has 1 N–H and O–H groups in total. The summed E-state index contributed by atoms with van der Waals surface area (Å²) in [5.41, 5.74) is -0.190. The van der Waals surface area contributed by atoms with Crippen LogP contribution in [0.15, 0.2) is 42.5 Å². The van der Waals surface area contributed by atoms with Crippen LogP contribution in [0.25, 0.3) is 0 Å². The number of hydrogen-bond donors (Lipinski definition) is 1. The van der Waals surface area contributed by atoms with Gasteiger partial charge in [-0.15, -0.1) is 0 Å². The van der Waals surface area contributed by atoms with Crippen LogP contribution >= 0.6 is 23.2 Å². The maximum Gasteiger partial charge on any atom is 0.416 e. The first-order valence-electron chi connectivity index (χ1n) is 10.3. The van der Waals surface area contributed by atoms with Crippen molar-refractivity contribution in [2.24, 2.45) is 5.92 Å². The quantitative estimate of drug-likeness (QED) is 0.525. The minimum absolute atomic E-state index is 0.0800. The standard InChI is InChI=1S/C23H23Cl2F3N2O2/c1-2-3-9-29-21(31)19-13-30(22(32)17-8-7-16(24)11-20(17)25)12-18(19)14-5-4-6-15(10-14)23(26,27)28/h4-8,10-11,18-19H,2-3,9,12-13H2,1H3,(H,29,31)/t18-,19-/m1/s1. The molecular weight excluding hydrogens is 464 g/mol. The topological polar surface area (TPSA) is 49.4 Å². The summed E-state index contributed by atoms with van der Waals surface area (Å²) in [5, 5.41) is 3.40. The lowest BCUT2D eigenvalue weighted by molar-refractivity contribution is -0.137. The maximum atomic E-state index is 13.3. The predicted molar refractivity (Wildman–Crippen MR) is 118 cm³/mol. The number of carbonyl (C=O) groups excluding carboxylic acids is 2. The van der Waals surface area contributed by atoms with Crippen molar-refractivity contribution < 1.29 is 22.8 Å². The van der Waals surface area contributed by atoms with Gasteiger partial charge in [0.05, 0.1) is 22.1 Å². The molecule has 1 aliphatic heterocycles. The Labute approximate surface area is 194 Å². The molecule has 172 valence electrons. The number of carbonyl (C=O) groups is 2. The molecule has 2 aromatic carbocycles. The summed E-state index contributed by atoms with van der Waals surface area (Å²) in [7, 11) is 0. The van der Waals surface area contributed by atoms with Crippen LogP contribution < -0.4 is 5.32 Å². The normalized spacial score (nSPS) is 18.6. The van der Waals surface area contributed by atoms with Gasteiger partial charge in [-0.05, 0) is 36.2 Å². The highest BCUT2D eigenvalue weighted by molar-refractivity contribution is 6.36. The first-order valence-corrected chi connectivity index (χ1v) is 11.1. The van der Waals surface area contributed by atoms with Crippen molar-refractivity contribution in [1.82, 2.24) is 10.2 Å². The summed E-state index contributed by atoms with van der Waals surface area (Å²) in [6, 6.07) is 9.42. The van der Waals surface area contributed by atoms with Gasteiger partial charge < -0.3 is 10.2 Å². The fourth-order valence-corrected chi connectivity index (χ4v) is 4.36. The Balaban J connectivity index is 1.90. The Hall–Kier alpha value is -2.25. The number of nitrogens with one attached hydrogen (secondary N) is 1. The number of nitrogens with zero attached hydrogens (tertiary/aromatic N) is 1. The van der Waals surface area contributed by atoms with Crippen LogP contribution in [0.3, 0.4) is 0 Å². The SMILES string of the molecule is CCCCNC(=O)[C@@H]1CN(C(=O)c2ccc(Cl)cc2Cl)C[C@@H]1c1cccc(C(F)(F)F)c1. The maximum absolute atomic E-state index is 13.3. The fourth-order valence-electron chi connectivity index (χ4n) is 3.87. The van der Waals surface area contributed by atoms with E-state index in [2.05, 4.69) is 5.32 Å². The van der Waals surface area contributed by atoms with Crippen molar-refractivity contribution in [2.45, 2.75) is 31.9 Å². The molecule has 32 heavy (non-hydrogen) atoms. The number of rotatable bonds is 6. The van der Waals surface area contributed by atoms with Gasteiger partial charge in [-0.3, -0.25) is 9.59 Å². The van der Waals surface area contributed by atoms with Crippen molar-refractivity contribution in [3.63, 3.8) is 0 Å². The summed E-state index contributed by atoms with van der Waals surface area (Å²) in [6.45, 7) is 2.64. The molecule has 0 bridgehead atoms. The Kier molecular flexibility index (Phi) is 7.72. The fraction of sp³-hybridized carbons (Fsp3) is 0.391. The van der Waals surface area contributed by atoms with E-state index in [0.717, 1.165) is 25.0 Å². The van der Waals surface area contributed by atoms with Crippen molar-refractivity contribution >= 4 is 35.0 Å². The van der Waals surface area contributed by atoms with E-state index in [-0.39, 0.29) is 29.6 Å². The highest BCUT2D eigenvalue weighted by Crippen LogP contribution is 2.37. The van der Waals surface area contributed by atoms with Gasteiger partial charge in [-0.25, -0.2) is 0 Å². The molecule has 4 nitrogen and oxygen atoms in total. The average molecular weight is 487 g/mol. The van der Waals surface area contributed by atoms with Crippen molar-refractivity contribution in [3.05, 3.63) is 69.2 Å². The average Bonchev–Trinajstić information content (AvgIpc) is 3.18. The van der Waals surface area contributed by atoms with Gasteiger partial charge in [0.25, 0.3) is 5.91 Å². The van der Waals surface area contributed by atoms with Crippen LogP contribution in [-0.4, -0.2) is 36.3 Å². The van der Waals surface area contributed by atoms with Crippen molar-refractivity contribution in [2.75, 3.05) is 19.6 Å². The monoisotopic (exact) mass is 486 g/mol. The smallest absolute Gasteiger partial charge is 0.356 e.